The standard InChI is InChI=1S/C28H42N2O5/c1-5-8-10-12-16-33-27(31)29-20-21(4)18-22-19-25-24(23(22)7-3)14-15-26(30-25)35-28(32)34-17-13-11-9-6-2/h7,14-15,18,22H,5-6,8-13,16-17,19-20H2,1-4H3,(H,29,31)/b21-18-,23-7+. The number of hydrogen-bond donors (Lipinski definition) is 1. The van der Waals surface area contributed by atoms with Crippen molar-refractivity contribution in [1.82, 2.24) is 10.3 Å². The van der Waals surface area contributed by atoms with Gasteiger partial charge >= 0.3 is 12.2 Å². The first-order valence-electron chi connectivity index (χ1n) is 13.1. The Balaban J connectivity index is 1.85. The lowest BCUT2D eigenvalue weighted by Crippen LogP contribution is -2.26. The van der Waals surface area contributed by atoms with Crippen LogP contribution in [0.4, 0.5) is 9.59 Å². The zero-order valence-corrected chi connectivity index (χ0v) is 21.9. The van der Waals surface area contributed by atoms with Crippen molar-refractivity contribution in [3.05, 3.63) is 41.1 Å². The molecule has 35 heavy (non-hydrogen) atoms. The predicted molar refractivity (Wildman–Crippen MR) is 138 cm³/mol. The molecule has 2 rings (SSSR count). The van der Waals surface area contributed by atoms with E-state index in [9.17, 15) is 9.59 Å². The molecule has 1 aliphatic rings. The lowest BCUT2D eigenvalue weighted by Gasteiger charge is -2.11. The number of rotatable bonds is 14. The van der Waals surface area contributed by atoms with E-state index in [4.69, 9.17) is 14.2 Å². The normalized spacial score (nSPS) is 16.2. The van der Waals surface area contributed by atoms with Gasteiger partial charge in [-0.25, -0.2) is 14.6 Å². The maximum absolute atomic E-state index is 12.0. The Morgan fingerprint density at radius 3 is 2.37 bits per heavy atom. The molecule has 0 fully saturated rings. The molecule has 1 aromatic heterocycles. The molecule has 7 heteroatoms. The minimum atomic E-state index is -0.714. The molecule has 0 spiro atoms. The van der Waals surface area contributed by atoms with Gasteiger partial charge in [-0.1, -0.05) is 70.1 Å². The summed E-state index contributed by atoms with van der Waals surface area (Å²) in [7, 11) is 0. The number of fused-ring (bicyclic) bond motifs is 1. The molecule has 1 unspecified atom stereocenters. The van der Waals surface area contributed by atoms with Crippen molar-refractivity contribution >= 4 is 17.8 Å². The number of pyridine rings is 1. The molecule has 0 radical (unpaired) electrons. The van der Waals surface area contributed by atoms with Gasteiger partial charge in [-0.3, -0.25) is 0 Å². The Morgan fingerprint density at radius 2 is 1.71 bits per heavy atom. The summed E-state index contributed by atoms with van der Waals surface area (Å²) in [4.78, 5) is 28.4. The molecule has 194 valence electrons. The summed E-state index contributed by atoms with van der Waals surface area (Å²) in [6, 6.07) is 3.65. The monoisotopic (exact) mass is 486 g/mol. The summed E-state index contributed by atoms with van der Waals surface area (Å²) in [6.07, 6.45) is 12.3. The fourth-order valence-corrected chi connectivity index (χ4v) is 4.15. The molecule has 0 saturated heterocycles. The number of allylic oxidation sites excluding steroid dienone is 3. The number of aromatic nitrogens is 1. The lowest BCUT2D eigenvalue weighted by atomic mass is 9.97. The number of carbonyl (C=O) groups excluding carboxylic acids is 2. The van der Waals surface area contributed by atoms with Gasteiger partial charge in [-0.15, -0.1) is 0 Å². The lowest BCUT2D eigenvalue weighted by molar-refractivity contribution is 0.0957. The highest BCUT2D eigenvalue weighted by molar-refractivity contribution is 5.75. The van der Waals surface area contributed by atoms with Gasteiger partial charge < -0.3 is 19.5 Å². The van der Waals surface area contributed by atoms with Crippen molar-refractivity contribution in [2.24, 2.45) is 5.92 Å². The number of ether oxygens (including phenoxy) is 3. The minimum absolute atomic E-state index is 0.148. The van der Waals surface area contributed by atoms with E-state index in [1.807, 2.05) is 19.9 Å². The smallest absolute Gasteiger partial charge is 0.450 e. The third kappa shape index (κ3) is 10.1. The summed E-state index contributed by atoms with van der Waals surface area (Å²) in [6.45, 7) is 9.55. The van der Waals surface area contributed by atoms with E-state index in [0.29, 0.717) is 26.2 Å². The van der Waals surface area contributed by atoms with Crippen LogP contribution in [0.2, 0.25) is 0 Å². The highest BCUT2D eigenvalue weighted by Gasteiger charge is 2.27. The van der Waals surface area contributed by atoms with Gasteiger partial charge in [0.2, 0.25) is 5.88 Å². The Labute approximate surface area is 210 Å². The van der Waals surface area contributed by atoms with Crippen LogP contribution in [0.15, 0.2) is 29.9 Å². The Morgan fingerprint density at radius 1 is 1.03 bits per heavy atom. The van der Waals surface area contributed by atoms with E-state index in [1.165, 1.54) is 5.57 Å². The number of carbonyl (C=O) groups is 2. The molecule has 0 saturated carbocycles. The van der Waals surface area contributed by atoms with Gasteiger partial charge in [0.25, 0.3) is 0 Å². The molecular formula is C28H42N2O5. The molecule has 0 bridgehead atoms. The van der Waals surface area contributed by atoms with Crippen LogP contribution in [0.3, 0.4) is 0 Å². The van der Waals surface area contributed by atoms with Gasteiger partial charge in [0.15, 0.2) is 0 Å². The Kier molecular flexibility index (Phi) is 12.9. The van der Waals surface area contributed by atoms with Gasteiger partial charge in [0.1, 0.15) is 0 Å². The van der Waals surface area contributed by atoms with Crippen LogP contribution < -0.4 is 10.1 Å². The topological polar surface area (TPSA) is 86.8 Å². The van der Waals surface area contributed by atoms with Gasteiger partial charge in [0.05, 0.1) is 18.9 Å². The van der Waals surface area contributed by atoms with Gasteiger partial charge in [-0.05, 0) is 43.9 Å². The number of nitrogens with zero attached hydrogens (tertiary/aromatic N) is 1. The van der Waals surface area contributed by atoms with E-state index in [-0.39, 0.29) is 17.9 Å². The second-order valence-electron chi connectivity index (χ2n) is 9.02. The van der Waals surface area contributed by atoms with Crippen molar-refractivity contribution in [1.29, 1.82) is 0 Å². The average Bonchev–Trinajstić information content (AvgIpc) is 3.18. The highest BCUT2D eigenvalue weighted by atomic mass is 16.7. The second-order valence-corrected chi connectivity index (χ2v) is 9.02. The average molecular weight is 487 g/mol. The van der Waals surface area contributed by atoms with Crippen LogP contribution in [0.1, 0.15) is 90.3 Å². The molecule has 1 atom stereocenters. The summed E-state index contributed by atoms with van der Waals surface area (Å²) >= 11 is 0. The zero-order chi connectivity index (χ0) is 25.5. The quantitative estimate of drug-likeness (QED) is 0.173. The molecule has 1 aromatic rings. The Bertz CT molecular complexity index is 878. The van der Waals surface area contributed by atoms with E-state index in [2.05, 4.69) is 36.3 Å². The van der Waals surface area contributed by atoms with Gasteiger partial charge in [-0.2, -0.15) is 0 Å². The van der Waals surface area contributed by atoms with Crippen molar-refractivity contribution < 1.29 is 23.8 Å². The number of hydrogen-bond acceptors (Lipinski definition) is 6. The van der Waals surface area contributed by atoms with E-state index >= 15 is 0 Å². The van der Waals surface area contributed by atoms with Crippen LogP contribution in [0.5, 0.6) is 5.88 Å². The van der Waals surface area contributed by atoms with Crippen molar-refractivity contribution in [2.75, 3.05) is 19.8 Å². The molecule has 0 aromatic carbocycles. The van der Waals surface area contributed by atoms with Crippen molar-refractivity contribution in [2.45, 2.75) is 85.5 Å². The first-order valence-corrected chi connectivity index (χ1v) is 13.1. The maximum atomic E-state index is 12.0. The van der Waals surface area contributed by atoms with Crippen molar-refractivity contribution in [3.8, 4) is 5.88 Å². The highest BCUT2D eigenvalue weighted by Crippen LogP contribution is 2.38. The molecule has 0 aliphatic heterocycles. The number of amides is 1. The van der Waals surface area contributed by atoms with E-state index < -0.39 is 6.16 Å². The second kappa shape index (κ2) is 16.0. The first kappa shape index (κ1) is 28.4. The number of nitrogens with one attached hydrogen (secondary N) is 1. The maximum Gasteiger partial charge on any atom is 0.515 e. The third-order valence-corrected chi connectivity index (χ3v) is 6.02. The van der Waals surface area contributed by atoms with Crippen LogP contribution in [0, 0.1) is 5.92 Å². The first-order chi connectivity index (χ1) is 17.0. The van der Waals surface area contributed by atoms with Crippen LogP contribution >= 0.6 is 0 Å². The number of unbranched alkanes of at least 4 members (excludes halogenated alkanes) is 6. The molecule has 1 N–H and O–H groups in total. The Hall–Kier alpha value is -2.83. The van der Waals surface area contributed by atoms with Crippen LogP contribution in [-0.2, 0) is 15.9 Å². The fourth-order valence-electron chi connectivity index (χ4n) is 4.15. The predicted octanol–water partition coefficient (Wildman–Crippen LogP) is 7.01. The van der Waals surface area contributed by atoms with Crippen molar-refractivity contribution in [3.63, 3.8) is 0 Å². The third-order valence-electron chi connectivity index (χ3n) is 6.02. The molecule has 1 amide bonds. The fraction of sp³-hybridized carbons (Fsp3) is 0.607. The van der Waals surface area contributed by atoms with E-state index in [1.54, 1.807) is 6.07 Å². The summed E-state index contributed by atoms with van der Waals surface area (Å²) in [5, 5.41) is 2.82. The number of alkyl carbamates (subject to hydrolysis) is 1. The SMILES string of the molecule is C/C=C1/c2ccc(OC(=O)OCCCCCC)nc2CC1/C=C(/C)CNC(=O)OCCCCCC. The zero-order valence-electron chi connectivity index (χ0n) is 21.9. The molecule has 1 heterocycles. The summed E-state index contributed by atoms with van der Waals surface area (Å²) < 4.78 is 15.7. The largest absolute Gasteiger partial charge is 0.515 e. The van der Waals surface area contributed by atoms with E-state index in [0.717, 1.165) is 68.2 Å². The van der Waals surface area contributed by atoms with Gasteiger partial charge in [0, 0.05) is 24.9 Å². The molecular weight excluding hydrogens is 444 g/mol. The molecule has 1 aliphatic carbocycles. The summed E-state index contributed by atoms with van der Waals surface area (Å²) in [5.41, 5.74) is 4.17. The van der Waals surface area contributed by atoms with Crippen LogP contribution in [0.25, 0.3) is 5.57 Å². The molecule has 7 nitrogen and oxygen atoms in total. The van der Waals surface area contributed by atoms with Crippen LogP contribution in [-0.4, -0.2) is 37.0 Å². The minimum Gasteiger partial charge on any atom is -0.450 e. The summed E-state index contributed by atoms with van der Waals surface area (Å²) in [5.74, 6) is 0.401.